The van der Waals surface area contributed by atoms with Crippen LogP contribution in [0.2, 0.25) is 5.02 Å². The first kappa shape index (κ1) is 74.9. The van der Waals surface area contributed by atoms with Gasteiger partial charge in [-0.1, -0.05) is 227 Å². The van der Waals surface area contributed by atoms with Crippen molar-refractivity contribution in [2.45, 2.75) is 60.8 Å². The molecular weight excluding hydrogens is 1410 g/mol. The van der Waals surface area contributed by atoms with E-state index in [0.717, 1.165) is 103 Å². The minimum atomic E-state index is -1.15. The highest BCUT2D eigenvalue weighted by atomic mass is 35.5. The molecule has 11 aromatic carbocycles. The van der Waals surface area contributed by atoms with Crippen molar-refractivity contribution in [1.29, 1.82) is 0 Å². The Kier molecular flexibility index (Phi) is 23.2. The molecule has 4 N–H and O–H groups in total. The third kappa shape index (κ3) is 18.2. The lowest BCUT2D eigenvalue weighted by atomic mass is 10.1. The Labute approximate surface area is 638 Å². The van der Waals surface area contributed by atoms with Gasteiger partial charge in [-0.15, -0.1) is 0 Å². The molecule has 110 heavy (non-hydrogen) atoms. The van der Waals surface area contributed by atoms with E-state index < -0.39 is 35.1 Å². The van der Waals surface area contributed by atoms with Crippen molar-refractivity contribution < 1.29 is 36.7 Å². The first-order valence-corrected chi connectivity index (χ1v) is 36.0. The van der Waals surface area contributed by atoms with E-state index in [9.17, 15) is 36.7 Å². The van der Waals surface area contributed by atoms with Crippen molar-refractivity contribution in [3.05, 3.63) is 399 Å². The summed E-state index contributed by atoms with van der Waals surface area (Å²) in [4.78, 5) is 54.4. The summed E-state index contributed by atoms with van der Waals surface area (Å²) in [6.45, 7) is 13.0. The monoisotopic (exact) mass is 1480 g/mol. The number of fused-ring (bicyclic) bond motifs is 4. The molecule has 5 heterocycles. The van der Waals surface area contributed by atoms with Gasteiger partial charge in [0.15, 0.2) is 23.3 Å². The molecule has 548 valence electrons. The summed E-state index contributed by atoms with van der Waals surface area (Å²) in [5.41, 5.74) is 18.2. The fourth-order valence-electron chi connectivity index (χ4n) is 12.9. The number of halogens is 5. The molecule has 0 spiro atoms. The summed E-state index contributed by atoms with van der Waals surface area (Å²) in [6, 6.07) is 82.6. The fraction of sp³-hybridized carbons (Fsp3) is 0.0978. The number of aromatic nitrogens is 5. The van der Waals surface area contributed by atoms with E-state index >= 15 is 0 Å². The minimum Gasteiger partial charge on any atom is -0.341 e. The summed E-state index contributed by atoms with van der Waals surface area (Å²) < 4.78 is 62.4. The van der Waals surface area contributed by atoms with Gasteiger partial charge in [-0.3, -0.25) is 24.2 Å². The number of hydrogen-bond donors (Lipinski definition) is 4. The van der Waals surface area contributed by atoms with E-state index in [2.05, 4.69) is 163 Å². The SMILES string of the molecule is Cc1ccc(Cn2cc(NC(=O)c3cc(Cl)ccn3)c3ccccc32)cc1.Cc1ccc(Cn2cc(NC(=O)c3ccc(F)c(F)c3)c3ccccc32)cc1.Cc1ccc(Cn2cc(NC(=O)c3cccc(C)c3)c3ccccc32)cc1.Cc1ccc(Cn2cc(NC(=O)c3cccc(F)c3F)c3ccccc32)cc1. The number of amides is 4. The largest absolute Gasteiger partial charge is 0.341 e. The van der Waals surface area contributed by atoms with Crippen LogP contribution < -0.4 is 21.3 Å². The van der Waals surface area contributed by atoms with Crippen LogP contribution in [-0.4, -0.2) is 46.9 Å². The van der Waals surface area contributed by atoms with E-state index in [-0.39, 0.29) is 28.6 Å². The number of hydrogen-bond acceptors (Lipinski definition) is 5. The second kappa shape index (κ2) is 34.0. The smallest absolute Gasteiger partial charge is 0.274 e. The van der Waals surface area contributed by atoms with Gasteiger partial charge in [0.05, 0.1) is 50.4 Å². The Morgan fingerprint density at radius 3 is 1.05 bits per heavy atom. The Morgan fingerprint density at radius 2 is 0.682 bits per heavy atom. The maximum Gasteiger partial charge on any atom is 0.274 e. The molecule has 0 saturated heterocycles. The molecule has 4 amide bonds. The number of rotatable bonds is 16. The highest BCUT2D eigenvalue weighted by molar-refractivity contribution is 6.31. The minimum absolute atomic E-state index is 0.0641. The van der Waals surface area contributed by atoms with Gasteiger partial charge in [0.25, 0.3) is 23.6 Å². The van der Waals surface area contributed by atoms with Crippen LogP contribution in [0.15, 0.2) is 298 Å². The normalized spacial score (nSPS) is 10.9. The van der Waals surface area contributed by atoms with E-state index in [0.29, 0.717) is 35.1 Å². The average Bonchev–Trinajstić information content (AvgIpc) is 1.66. The molecule has 0 atom stereocenters. The second-order valence-electron chi connectivity index (χ2n) is 27.0. The van der Waals surface area contributed by atoms with Gasteiger partial charge in [0.2, 0.25) is 0 Å². The number of nitrogens with one attached hydrogen (secondary N) is 4. The number of benzene rings is 11. The first-order valence-electron chi connectivity index (χ1n) is 35.6. The average molecular weight is 1480 g/mol. The second-order valence-corrected chi connectivity index (χ2v) is 27.4. The highest BCUT2D eigenvalue weighted by Crippen LogP contribution is 2.33. The predicted octanol–water partition coefficient (Wildman–Crippen LogP) is 21.9. The molecular formula is C92H76ClF4N9O4. The highest BCUT2D eigenvalue weighted by Gasteiger charge is 2.21. The lowest BCUT2D eigenvalue weighted by Gasteiger charge is -2.06. The molecule has 0 bridgehead atoms. The molecule has 0 fully saturated rings. The zero-order chi connectivity index (χ0) is 77.0. The molecule has 0 unspecified atom stereocenters. The number of aryl methyl sites for hydroxylation is 5. The Bertz CT molecular complexity index is 5850. The maximum absolute atomic E-state index is 14.0. The zero-order valence-corrected chi connectivity index (χ0v) is 61.6. The van der Waals surface area contributed by atoms with Crippen LogP contribution in [-0.2, 0) is 26.2 Å². The Hall–Kier alpha value is -13.4. The number of nitrogens with zero attached hydrogens (tertiary/aromatic N) is 5. The number of para-hydroxylation sites is 4. The van der Waals surface area contributed by atoms with Gasteiger partial charge in [-0.05, 0) is 136 Å². The number of pyridine rings is 1. The molecule has 0 aliphatic rings. The summed E-state index contributed by atoms with van der Waals surface area (Å²) in [5, 5.41) is 15.8. The lowest BCUT2D eigenvalue weighted by molar-refractivity contribution is 0.101. The zero-order valence-electron chi connectivity index (χ0n) is 60.9. The van der Waals surface area contributed by atoms with Crippen LogP contribution >= 0.6 is 11.6 Å². The standard InChI is InChI=1S/C24H22N2O.2C23H18F2N2O.C22H18ClN3O/c1-17-10-12-19(13-11-17)15-26-16-22(21-8-3-4-9-23(21)26)25-24(27)20-7-5-6-18(2)14-20;1-15-9-11-16(12-10-15)13-27-14-20(17-5-2-3-8-21(17)27)26-23(28)18-6-4-7-19(24)22(18)25;1-15-6-8-16(9-7-15)13-27-14-21(18-4-2-3-5-22(18)27)26-23(28)17-10-11-19(24)20(25)12-17;1-15-6-8-16(9-7-15)13-26-14-20(18-4-2-3-5-21(18)26)25-22(27)19-12-17(23)10-11-24-19/h3-14,16H,15H2,1-2H3,(H,25,27);2*2-12,14H,13H2,1H3,(H,26,28);2-12,14H,13H2,1H3,(H,25,27). The topological polar surface area (TPSA) is 149 Å². The predicted molar refractivity (Wildman–Crippen MR) is 434 cm³/mol. The van der Waals surface area contributed by atoms with E-state index in [1.807, 2.05) is 159 Å². The molecule has 0 aliphatic carbocycles. The molecule has 13 nitrogen and oxygen atoms in total. The molecule has 5 aromatic heterocycles. The van der Waals surface area contributed by atoms with Crippen molar-refractivity contribution in [2.75, 3.05) is 21.3 Å². The number of carbonyl (C=O) groups is 4. The van der Waals surface area contributed by atoms with Crippen LogP contribution in [0.1, 0.15) is 91.6 Å². The van der Waals surface area contributed by atoms with E-state index in [1.54, 1.807) is 12.1 Å². The fourth-order valence-corrected chi connectivity index (χ4v) is 13.0. The number of carbonyl (C=O) groups excluding carboxylic acids is 4. The van der Waals surface area contributed by atoms with Gasteiger partial charge in [-0.2, -0.15) is 0 Å². The summed E-state index contributed by atoms with van der Waals surface area (Å²) >= 11 is 5.97. The van der Waals surface area contributed by atoms with Crippen LogP contribution in [0.5, 0.6) is 0 Å². The Morgan fingerprint density at radius 1 is 0.327 bits per heavy atom. The van der Waals surface area contributed by atoms with Gasteiger partial charge in [-0.25, -0.2) is 17.6 Å². The first-order chi connectivity index (χ1) is 53.2. The summed E-state index contributed by atoms with van der Waals surface area (Å²) in [5.74, 6) is -5.77. The van der Waals surface area contributed by atoms with Crippen molar-refractivity contribution in [3.8, 4) is 0 Å². The molecule has 0 saturated carbocycles. The van der Waals surface area contributed by atoms with Crippen LogP contribution in [0.25, 0.3) is 43.6 Å². The van der Waals surface area contributed by atoms with Gasteiger partial charge >= 0.3 is 0 Å². The van der Waals surface area contributed by atoms with Crippen LogP contribution in [0.4, 0.5) is 40.3 Å². The van der Waals surface area contributed by atoms with Crippen LogP contribution in [0, 0.1) is 57.9 Å². The third-order valence-corrected chi connectivity index (χ3v) is 18.9. The van der Waals surface area contributed by atoms with E-state index in [4.69, 9.17) is 11.6 Å². The Balaban J connectivity index is 0.000000129. The molecule has 16 aromatic rings. The number of anilines is 4. The van der Waals surface area contributed by atoms with Crippen molar-refractivity contribution in [2.24, 2.45) is 0 Å². The lowest BCUT2D eigenvalue weighted by Crippen LogP contribution is -2.14. The summed E-state index contributed by atoms with van der Waals surface area (Å²) in [6.07, 6.45) is 9.20. The van der Waals surface area contributed by atoms with Gasteiger partial charge < -0.3 is 39.5 Å². The molecule has 0 radical (unpaired) electrons. The summed E-state index contributed by atoms with van der Waals surface area (Å²) in [7, 11) is 0. The molecule has 16 rings (SSSR count). The van der Waals surface area contributed by atoms with Gasteiger partial charge in [0, 0.05) is 94.9 Å². The van der Waals surface area contributed by atoms with E-state index in [1.165, 1.54) is 57.8 Å². The van der Waals surface area contributed by atoms with Crippen molar-refractivity contribution in [1.82, 2.24) is 23.3 Å². The van der Waals surface area contributed by atoms with Crippen LogP contribution in [0.3, 0.4) is 0 Å². The molecule has 18 heteroatoms. The molecule has 0 aliphatic heterocycles. The van der Waals surface area contributed by atoms with Gasteiger partial charge in [0.1, 0.15) is 5.69 Å². The maximum atomic E-state index is 14.0. The van der Waals surface area contributed by atoms with Crippen molar-refractivity contribution >= 4 is 102 Å². The quantitative estimate of drug-likeness (QED) is 0.0711. The van der Waals surface area contributed by atoms with Crippen molar-refractivity contribution in [3.63, 3.8) is 0 Å². The third-order valence-electron chi connectivity index (χ3n) is 18.7.